The predicted molar refractivity (Wildman–Crippen MR) is 112 cm³/mol. The average molecular weight is 501 g/mol. The number of ether oxygens (including phenoxy) is 2. The molecular formula is C22H17F6N3O4. The van der Waals surface area contributed by atoms with E-state index in [9.17, 15) is 35.9 Å². The highest BCUT2D eigenvalue weighted by molar-refractivity contribution is 5.90. The zero-order valence-corrected chi connectivity index (χ0v) is 18.1. The molecule has 0 radical (unpaired) electrons. The summed E-state index contributed by atoms with van der Waals surface area (Å²) >= 11 is 0. The van der Waals surface area contributed by atoms with Gasteiger partial charge >= 0.3 is 12.4 Å². The second-order valence-corrected chi connectivity index (χ2v) is 7.13. The summed E-state index contributed by atoms with van der Waals surface area (Å²) in [6.45, 7) is -0.766. The molecule has 3 aromatic rings. The van der Waals surface area contributed by atoms with Crippen LogP contribution in [0.1, 0.15) is 11.1 Å². The number of hydrogen-bond donors (Lipinski definition) is 1. The van der Waals surface area contributed by atoms with Crippen molar-refractivity contribution in [3.8, 4) is 22.8 Å². The minimum absolute atomic E-state index is 0.0612. The fourth-order valence-corrected chi connectivity index (χ4v) is 3.08. The lowest BCUT2D eigenvalue weighted by Crippen LogP contribution is -2.29. The molecule has 13 heteroatoms. The van der Waals surface area contributed by atoms with Crippen LogP contribution in [0.25, 0.3) is 11.3 Å². The van der Waals surface area contributed by atoms with Crippen molar-refractivity contribution in [3.05, 3.63) is 70.0 Å². The van der Waals surface area contributed by atoms with Crippen LogP contribution in [0.4, 0.5) is 32.0 Å². The Morgan fingerprint density at radius 2 is 1.49 bits per heavy atom. The van der Waals surface area contributed by atoms with Gasteiger partial charge in [-0.3, -0.25) is 9.59 Å². The van der Waals surface area contributed by atoms with Crippen molar-refractivity contribution in [2.45, 2.75) is 18.9 Å². The van der Waals surface area contributed by atoms with Crippen molar-refractivity contribution in [1.29, 1.82) is 0 Å². The number of nitrogens with one attached hydrogen (secondary N) is 1. The third-order valence-corrected chi connectivity index (χ3v) is 4.71. The molecule has 1 aromatic heterocycles. The molecule has 2 aromatic carbocycles. The van der Waals surface area contributed by atoms with E-state index in [1.165, 1.54) is 20.3 Å². The van der Waals surface area contributed by atoms with Crippen LogP contribution in [0, 0.1) is 0 Å². The van der Waals surface area contributed by atoms with Gasteiger partial charge in [-0.25, -0.2) is 4.68 Å². The highest BCUT2D eigenvalue weighted by Gasteiger charge is 2.37. The summed E-state index contributed by atoms with van der Waals surface area (Å²) in [5.41, 5.74) is -3.89. The number of aromatic nitrogens is 2. The van der Waals surface area contributed by atoms with Gasteiger partial charge in [0.25, 0.3) is 5.56 Å². The number of carbonyl (C=O) groups excluding carboxylic acids is 1. The van der Waals surface area contributed by atoms with Gasteiger partial charge in [0.1, 0.15) is 6.54 Å². The molecule has 0 saturated carbocycles. The van der Waals surface area contributed by atoms with E-state index >= 15 is 0 Å². The average Bonchev–Trinajstić information content (AvgIpc) is 2.78. The molecular weight excluding hydrogens is 484 g/mol. The van der Waals surface area contributed by atoms with Crippen molar-refractivity contribution >= 4 is 11.6 Å². The van der Waals surface area contributed by atoms with Gasteiger partial charge in [0, 0.05) is 17.3 Å². The van der Waals surface area contributed by atoms with E-state index in [2.05, 4.69) is 5.10 Å². The number of nitrogens with zero attached hydrogens (tertiary/aromatic N) is 2. The fraction of sp³-hybridized carbons (Fsp3) is 0.227. The Kier molecular flexibility index (Phi) is 7.08. The molecule has 7 nitrogen and oxygen atoms in total. The topological polar surface area (TPSA) is 82.5 Å². The Labute approximate surface area is 193 Å². The number of hydrogen-bond acceptors (Lipinski definition) is 5. The molecule has 0 atom stereocenters. The van der Waals surface area contributed by atoms with Gasteiger partial charge in [-0.05, 0) is 42.5 Å². The molecule has 0 unspecified atom stereocenters. The molecule has 1 heterocycles. The molecule has 1 N–H and O–H groups in total. The molecule has 1 amide bonds. The molecule has 0 aliphatic heterocycles. The van der Waals surface area contributed by atoms with Crippen molar-refractivity contribution in [2.24, 2.45) is 0 Å². The van der Waals surface area contributed by atoms with E-state index in [1.54, 1.807) is 18.2 Å². The van der Waals surface area contributed by atoms with Crippen LogP contribution in [0.15, 0.2) is 53.3 Å². The number of rotatable bonds is 6. The van der Waals surface area contributed by atoms with E-state index in [4.69, 9.17) is 9.47 Å². The summed E-state index contributed by atoms with van der Waals surface area (Å²) < 4.78 is 89.2. The molecule has 0 saturated heterocycles. The largest absolute Gasteiger partial charge is 0.493 e. The van der Waals surface area contributed by atoms with Crippen LogP contribution in [-0.2, 0) is 23.7 Å². The molecule has 0 aliphatic carbocycles. The quantitative estimate of drug-likeness (QED) is 0.500. The summed E-state index contributed by atoms with van der Waals surface area (Å²) in [6, 6.07) is 7.92. The van der Waals surface area contributed by atoms with E-state index in [0.717, 1.165) is 10.7 Å². The molecule has 35 heavy (non-hydrogen) atoms. The Hall–Kier alpha value is -4.03. The lowest BCUT2D eigenvalue weighted by molar-refractivity contribution is -0.143. The SMILES string of the molecule is COc1ccc(-c2ccc(=O)n(CC(=O)Nc3cc(C(F)(F)F)cc(C(F)(F)F)c3)n2)cc1OC. The highest BCUT2D eigenvalue weighted by atomic mass is 19.4. The van der Waals surface area contributed by atoms with Crippen LogP contribution in [0.5, 0.6) is 11.5 Å². The van der Waals surface area contributed by atoms with Crippen molar-refractivity contribution in [1.82, 2.24) is 9.78 Å². The monoisotopic (exact) mass is 501 g/mol. The van der Waals surface area contributed by atoms with Gasteiger partial charge in [0.2, 0.25) is 5.91 Å². The summed E-state index contributed by atoms with van der Waals surface area (Å²) in [7, 11) is 2.86. The zero-order valence-electron chi connectivity index (χ0n) is 18.1. The second kappa shape index (κ2) is 9.68. The number of methoxy groups -OCH3 is 2. The van der Waals surface area contributed by atoms with E-state index in [-0.39, 0.29) is 11.8 Å². The zero-order chi connectivity index (χ0) is 26.0. The van der Waals surface area contributed by atoms with Crippen LogP contribution >= 0.6 is 0 Å². The normalized spacial score (nSPS) is 11.8. The van der Waals surface area contributed by atoms with Crippen LogP contribution in [-0.4, -0.2) is 29.9 Å². The molecule has 0 bridgehead atoms. The van der Waals surface area contributed by atoms with E-state index in [0.29, 0.717) is 29.2 Å². The van der Waals surface area contributed by atoms with Gasteiger partial charge in [0.15, 0.2) is 11.5 Å². The third-order valence-electron chi connectivity index (χ3n) is 4.71. The Balaban J connectivity index is 1.88. The van der Waals surface area contributed by atoms with Crippen LogP contribution in [0.2, 0.25) is 0 Å². The fourth-order valence-electron chi connectivity index (χ4n) is 3.08. The lowest BCUT2D eigenvalue weighted by atomic mass is 10.1. The van der Waals surface area contributed by atoms with Gasteiger partial charge in [-0.15, -0.1) is 0 Å². The van der Waals surface area contributed by atoms with Gasteiger partial charge in [-0.1, -0.05) is 0 Å². The summed E-state index contributed by atoms with van der Waals surface area (Å²) in [6.07, 6.45) is -10.2. The number of carbonyl (C=O) groups is 1. The Morgan fingerprint density at radius 3 is 2.03 bits per heavy atom. The van der Waals surface area contributed by atoms with Crippen molar-refractivity contribution < 1.29 is 40.6 Å². The minimum Gasteiger partial charge on any atom is -0.493 e. The first-order chi connectivity index (χ1) is 16.3. The lowest BCUT2D eigenvalue weighted by Gasteiger charge is -2.15. The maximum atomic E-state index is 13.0. The Morgan fingerprint density at radius 1 is 0.886 bits per heavy atom. The number of benzene rings is 2. The first-order valence-corrected chi connectivity index (χ1v) is 9.71. The molecule has 0 aliphatic rings. The summed E-state index contributed by atoms with van der Waals surface area (Å²) in [4.78, 5) is 24.5. The van der Waals surface area contributed by atoms with Gasteiger partial charge in [-0.2, -0.15) is 31.4 Å². The smallest absolute Gasteiger partial charge is 0.416 e. The maximum absolute atomic E-state index is 13.0. The standard InChI is InChI=1S/C22H17F6N3O4/c1-34-17-5-3-12(7-18(17)35-2)16-4-6-20(33)31(30-16)11-19(32)29-15-9-13(21(23,24)25)8-14(10-15)22(26,27)28/h3-10H,11H2,1-2H3,(H,29,32). The third kappa shape index (κ3) is 6.11. The first kappa shape index (κ1) is 25.6. The second-order valence-electron chi connectivity index (χ2n) is 7.13. The van der Waals surface area contributed by atoms with Crippen LogP contribution in [0.3, 0.4) is 0 Å². The van der Waals surface area contributed by atoms with Gasteiger partial charge in [0.05, 0.1) is 31.0 Å². The number of anilines is 1. The van der Waals surface area contributed by atoms with Crippen molar-refractivity contribution in [2.75, 3.05) is 19.5 Å². The summed E-state index contributed by atoms with van der Waals surface area (Å²) in [5.74, 6) is -0.257. The first-order valence-electron chi connectivity index (χ1n) is 9.71. The number of alkyl halides is 6. The number of amides is 1. The van der Waals surface area contributed by atoms with Crippen molar-refractivity contribution in [3.63, 3.8) is 0 Å². The Bertz CT molecular complexity index is 1270. The van der Waals surface area contributed by atoms with Gasteiger partial charge < -0.3 is 14.8 Å². The summed E-state index contributed by atoms with van der Waals surface area (Å²) in [5, 5.41) is 6.02. The minimum atomic E-state index is -5.08. The molecule has 0 fully saturated rings. The molecule has 3 rings (SSSR count). The molecule has 186 valence electrons. The number of halogens is 6. The van der Waals surface area contributed by atoms with E-state index < -0.39 is 47.2 Å². The predicted octanol–water partition coefficient (Wildman–Crippen LogP) is 4.60. The maximum Gasteiger partial charge on any atom is 0.416 e. The highest BCUT2D eigenvalue weighted by Crippen LogP contribution is 2.37. The van der Waals surface area contributed by atoms with Crippen LogP contribution < -0.4 is 20.3 Å². The van der Waals surface area contributed by atoms with E-state index in [1.807, 2.05) is 5.32 Å². The molecule has 0 spiro atoms.